The lowest BCUT2D eigenvalue weighted by Gasteiger charge is -2.32. The zero-order valence-corrected chi connectivity index (χ0v) is 14.1. The van der Waals surface area contributed by atoms with Crippen LogP contribution in [0, 0.1) is 6.92 Å². The molecule has 2 aromatic rings. The number of aryl methyl sites for hydroxylation is 2. The highest BCUT2D eigenvalue weighted by Crippen LogP contribution is 2.27. The second-order valence-electron chi connectivity index (χ2n) is 6.57. The van der Waals surface area contributed by atoms with Crippen LogP contribution in [0.5, 0.6) is 0 Å². The molecule has 0 aliphatic carbocycles. The van der Waals surface area contributed by atoms with Crippen LogP contribution in [0.25, 0.3) is 0 Å². The molecule has 1 saturated heterocycles. The Labute approximate surface area is 142 Å². The Balaban J connectivity index is 1.52. The Morgan fingerprint density at radius 2 is 1.96 bits per heavy atom. The number of nitrogens with zero attached hydrogens (tertiary/aromatic N) is 1. The van der Waals surface area contributed by atoms with Gasteiger partial charge in [0.15, 0.2) is 0 Å². The number of piperidine rings is 1. The number of carbonyl (C=O) groups is 1. The lowest BCUT2D eigenvalue weighted by atomic mass is 9.90. The van der Waals surface area contributed by atoms with Crippen molar-refractivity contribution < 1.29 is 4.79 Å². The van der Waals surface area contributed by atoms with Gasteiger partial charge in [0.1, 0.15) is 0 Å². The van der Waals surface area contributed by atoms with E-state index in [1.165, 1.54) is 11.1 Å². The summed E-state index contributed by atoms with van der Waals surface area (Å²) in [5.74, 6) is 0.621. The highest BCUT2D eigenvalue weighted by molar-refractivity contribution is 5.76. The first-order chi connectivity index (χ1) is 11.6. The number of carbonyl (C=O) groups excluding carboxylic acids is 1. The Morgan fingerprint density at radius 1 is 1.21 bits per heavy atom. The van der Waals surface area contributed by atoms with Gasteiger partial charge >= 0.3 is 0 Å². The number of hydrogen-bond donors (Lipinski definition) is 1. The van der Waals surface area contributed by atoms with Crippen LogP contribution < -0.4 is 5.56 Å². The lowest BCUT2D eigenvalue weighted by Crippen LogP contribution is -2.38. The van der Waals surface area contributed by atoms with Crippen molar-refractivity contribution in [2.45, 2.75) is 38.5 Å². The highest BCUT2D eigenvalue weighted by Gasteiger charge is 2.23. The van der Waals surface area contributed by atoms with Crippen LogP contribution in [0.1, 0.15) is 41.9 Å². The third kappa shape index (κ3) is 3.94. The summed E-state index contributed by atoms with van der Waals surface area (Å²) in [4.78, 5) is 28.5. The van der Waals surface area contributed by atoms with Crippen LogP contribution in [0.3, 0.4) is 0 Å². The predicted octanol–water partition coefficient (Wildman–Crippen LogP) is 3.02. The minimum Gasteiger partial charge on any atom is -0.343 e. The van der Waals surface area contributed by atoms with Crippen LogP contribution in [-0.2, 0) is 11.2 Å². The van der Waals surface area contributed by atoms with E-state index >= 15 is 0 Å². The predicted molar refractivity (Wildman–Crippen MR) is 95.1 cm³/mol. The molecule has 2 heterocycles. The van der Waals surface area contributed by atoms with Gasteiger partial charge < -0.3 is 9.88 Å². The summed E-state index contributed by atoms with van der Waals surface area (Å²) < 4.78 is 0. The van der Waals surface area contributed by atoms with Gasteiger partial charge in [-0.2, -0.15) is 0 Å². The van der Waals surface area contributed by atoms with E-state index in [0.717, 1.165) is 37.9 Å². The molecule has 1 aromatic heterocycles. The van der Waals surface area contributed by atoms with E-state index in [1.54, 1.807) is 12.3 Å². The summed E-state index contributed by atoms with van der Waals surface area (Å²) in [5.41, 5.74) is 3.54. The fraction of sp³-hybridized carbons (Fsp3) is 0.400. The number of aromatic amines is 1. The average Bonchev–Trinajstić information content (AvgIpc) is 2.61. The number of hydrogen-bond acceptors (Lipinski definition) is 2. The Hall–Kier alpha value is -2.36. The van der Waals surface area contributed by atoms with Crippen molar-refractivity contribution in [1.29, 1.82) is 0 Å². The second kappa shape index (κ2) is 7.47. The van der Waals surface area contributed by atoms with Crippen molar-refractivity contribution in [2.24, 2.45) is 0 Å². The van der Waals surface area contributed by atoms with E-state index in [4.69, 9.17) is 0 Å². The first kappa shape index (κ1) is 16.5. The number of amides is 1. The molecule has 0 unspecified atom stereocenters. The molecular weight excluding hydrogens is 300 g/mol. The number of benzene rings is 1. The number of aromatic nitrogens is 1. The quantitative estimate of drug-likeness (QED) is 0.940. The van der Waals surface area contributed by atoms with Crippen molar-refractivity contribution in [1.82, 2.24) is 9.88 Å². The van der Waals surface area contributed by atoms with Gasteiger partial charge in [-0.1, -0.05) is 24.3 Å². The van der Waals surface area contributed by atoms with Crippen LogP contribution in [-0.4, -0.2) is 28.9 Å². The van der Waals surface area contributed by atoms with E-state index < -0.39 is 0 Å². The molecule has 1 fully saturated rings. The molecule has 0 spiro atoms. The second-order valence-corrected chi connectivity index (χ2v) is 6.57. The molecule has 0 atom stereocenters. The summed E-state index contributed by atoms with van der Waals surface area (Å²) in [7, 11) is 0. The molecule has 0 saturated carbocycles. The van der Waals surface area contributed by atoms with E-state index in [2.05, 4.69) is 24.0 Å². The maximum absolute atomic E-state index is 12.5. The van der Waals surface area contributed by atoms with Crippen LogP contribution in [0.2, 0.25) is 0 Å². The maximum Gasteiger partial charge on any atom is 0.248 e. The highest BCUT2D eigenvalue weighted by atomic mass is 16.2. The van der Waals surface area contributed by atoms with Gasteiger partial charge in [0.2, 0.25) is 11.5 Å². The molecule has 1 aromatic carbocycles. The number of pyridine rings is 1. The average molecular weight is 324 g/mol. The molecule has 3 rings (SSSR count). The van der Waals surface area contributed by atoms with Gasteiger partial charge in [-0.05, 0) is 54.9 Å². The summed E-state index contributed by atoms with van der Waals surface area (Å²) >= 11 is 0. The van der Waals surface area contributed by atoms with Gasteiger partial charge in [-0.25, -0.2) is 0 Å². The van der Waals surface area contributed by atoms with Crippen molar-refractivity contribution in [3.63, 3.8) is 0 Å². The Bertz CT molecular complexity index is 758. The number of H-pyrrole nitrogens is 1. The summed E-state index contributed by atoms with van der Waals surface area (Å²) in [6, 6.07) is 11.9. The van der Waals surface area contributed by atoms with E-state index in [0.29, 0.717) is 12.3 Å². The molecule has 0 bridgehead atoms. The third-order valence-electron chi connectivity index (χ3n) is 4.99. The van der Waals surface area contributed by atoms with Gasteiger partial charge in [0.25, 0.3) is 0 Å². The minimum atomic E-state index is -0.0516. The number of rotatable bonds is 4. The zero-order valence-electron chi connectivity index (χ0n) is 14.1. The summed E-state index contributed by atoms with van der Waals surface area (Å²) in [6.45, 7) is 3.65. The Kier molecular flexibility index (Phi) is 5.14. The first-order valence-corrected chi connectivity index (χ1v) is 8.64. The number of nitrogens with one attached hydrogen (secondary N) is 1. The molecule has 0 radical (unpaired) electrons. The molecule has 24 heavy (non-hydrogen) atoms. The SMILES string of the molecule is Cc1ccccc1CCC(=O)N1CCC(c2cc[nH]c(=O)c2)CC1. The van der Waals surface area contributed by atoms with E-state index in [1.807, 2.05) is 23.1 Å². The topological polar surface area (TPSA) is 53.2 Å². The number of likely N-dealkylation sites (tertiary alicyclic amines) is 1. The molecule has 4 heteroatoms. The minimum absolute atomic E-state index is 0.0516. The fourth-order valence-electron chi connectivity index (χ4n) is 3.47. The monoisotopic (exact) mass is 324 g/mol. The summed E-state index contributed by atoms with van der Waals surface area (Å²) in [6.07, 6.45) is 4.94. The first-order valence-electron chi connectivity index (χ1n) is 8.64. The molecule has 1 amide bonds. The molecule has 1 aliphatic rings. The smallest absolute Gasteiger partial charge is 0.248 e. The van der Waals surface area contributed by atoms with Gasteiger partial charge in [-0.3, -0.25) is 9.59 Å². The summed E-state index contributed by atoms with van der Waals surface area (Å²) in [5, 5.41) is 0. The van der Waals surface area contributed by atoms with Crippen molar-refractivity contribution in [2.75, 3.05) is 13.1 Å². The van der Waals surface area contributed by atoms with Gasteiger partial charge in [0, 0.05) is 31.8 Å². The third-order valence-corrected chi connectivity index (χ3v) is 4.99. The van der Waals surface area contributed by atoms with E-state index in [9.17, 15) is 9.59 Å². The van der Waals surface area contributed by atoms with Crippen molar-refractivity contribution >= 4 is 5.91 Å². The van der Waals surface area contributed by atoms with Crippen molar-refractivity contribution in [3.05, 3.63) is 69.6 Å². The fourth-order valence-corrected chi connectivity index (χ4v) is 3.47. The maximum atomic E-state index is 12.5. The van der Waals surface area contributed by atoms with Crippen molar-refractivity contribution in [3.8, 4) is 0 Å². The van der Waals surface area contributed by atoms with Crippen LogP contribution in [0.15, 0.2) is 47.4 Å². The molecule has 126 valence electrons. The van der Waals surface area contributed by atoms with Crippen LogP contribution in [0.4, 0.5) is 0 Å². The normalized spacial score (nSPS) is 15.5. The standard InChI is InChI=1S/C20H24N2O2/c1-15-4-2-3-5-16(15)6-7-20(24)22-12-9-17(10-13-22)18-8-11-21-19(23)14-18/h2-5,8,11,14,17H,6-7,9-10,12-13H2,1H3,(H,21,23). The molecule has 1 N–H and O–H groups in total. The zero-order chi connectivity index (χ0) is 16.9. The van der Waals surface area contributed by atoms with Crippen LogP contribution >= 0.6 is 0 Å². The molecule has 1 aliphatic heterocycles. The van der Waals surface area contributed by atoms with E-state index in [-0.39, 0.29) is 11.5 Å². The van der Waals surface area contributed by atoms with Gasteiger partial charge in [-0.15, -0.1) is 0 Å². The van der Waals surface area contributed by atoms with Gasteiger partial charge in [0.05, 0.1) is 0 Å². The molecule has 4 nitrogen and oxygen atoms in total. The Morgan fingerprint density at radius 3 is 2.67 bits per heavy atom. The lowest BCUT2D eigenvalue weighted by molar-refractivity contribution is -0.132. The largest absolute Gasteiger partial charge is 0.343 e. The molecular formula is C20H24N2O2.